The maximum atomic E-state index is 13.7. The second-order valence-electron chi connectivity index (χ2n) is 4.11. The number of ether oxygens (including phenoxy) is 1. The monoisotopic (exact) mass is 385 g/mol. The molecule has 0 unspecified atom stereocenters. The average molecular weight is 387 g/mol. The molecule has 9 heteroatoms. The van der Waals surface area contributed by atoms with Crippen LogP contribution in [-0.4, -0.2) is 45.5 Å². The van der Waals surface area contributed by atoms with Crippen molar-refractivity contribution in [1.29, 1.82) is 0 Å². The molecule has 1 fully saturated rings. The number of carbonyl (C=O) groups is 1. The largest absolute Gasteiger partial charge is 0.378 e. The number of morpholine rings is 1. The van der Waals surface area contributed by atoms with Crippen LogP contribution in [-0.2, 0) is 13.8 Å². The van der Waals surface area contributed by atoms with E-state index in [2.05, 4.69) is 15.9 Å². The summed E-state index contributed by atoms with van der Waals surface area (Å²) in [6.45, 7) is 1.54. The minimum absolute atomic E-state index is 0.0631. The highest BCUT2D eigenvalue weighted by atomic mass is 79.9. The van der Waals surface area contributed by atoms with Gasteiger partial charge in [0.05, 0.1) is 17.7 Å². The maximum absolute atomic E-state index is 13.7. The molecule has 1 amide bonds. The standard InChI is InChI=1S/C11H10BrClFNO4S/c12-10-8(14)5-7(6-9(10)20(13,17)18)11(16)15-1-3-19-4-2-15/h5-6H,1-4H2. The van der Waals surface area contributed by atoms with Gasteiger partial charge in [-0.2, -0.15) is 0 Å². The van der Waals surface area contributed by atoms with E-state index in [1.165, 1.54) is 4.90 Å². The van der Waals surface area contributed by atoms with Crippen molar-refractivity contribution in [2.45, 2.75) is 4.90 Å². The second-order valence-corrected chi connectivity index (χ2v) is 7.44. The Morgan fingerprint density at radius 2 is 1.95 bits per heavy atom. The number of halogens is 3. The third-order valence-corrected chi connectivity index (χ3v) is 5.22. The van der Waals surface area contributed by atoms with Crippen LogP contribution >= 0.6 is 26.6 Å². The number of benzene rings is 1. The topological polar surface area (TPSA) is 63.7 Å². The molecule has 1 aliphatic rings. The number of hydrogen-bond donors (Lipinski definition) is 0. The van der Waals surface area contributed by atoms with Gasteiger partial charge in [0.15, 0.2) is 0 Å². The Labute approximate surface area is 128 Å². The summed E-state index contributed by atoms with van der Waals surface area (Å²) >= 11 is 2.81. The third kappa shape index (κ3) is 3.30. The van der Waals surface area contributed by atoms with Gasteiger partial charge in [0.25, 0.3) is 15.0 Å². The molecule has 20 heavy (non-hydrogen) atoms. The first-order valence-electron chi connectivity index (χ1n) is 5.61. The van der Waals surface area contributed by atoms with Gasteiger partial charge >= 0.3 is 0 Å². The number of amides is 1. The van der Waals surface area contributed by atoms with E-state index in [9.17, 15) is 17.6 Å². The molecule has 1 aromatic rings. The zero-order valence-corrected chi connectivity index (χ0v) is 13.3. The quantitative estimate of drug-likeness (QED) is 0.729. The van der Waals surface area contributed by atoms with Gasteiger partial charge in [-0.15, -0.1) is 0 Å². The van der Waals surface area contributed by atoms with Crippen LogP contribution in [0.4, 0.5) is 4.39 Å². The summed E-state index contributed by atoms with van der Waals surface area (Å²) in [4.78, 5) is 13.2. The highest BCUT2D eigenvalue weighted by Crippen LogP contribution is 2.29. The molecule has 0 N–H and O–H groups in total. The van der Waals surface area contributed by atoms with Crippen LogP contribution in [0, 0.1) is 5.82 Å². The van der Waals surface area contributed by atoms with E-state index in [0.29, 0.717) is 26.3 Å². The molecule has 1 heterocycles. The van der Waals surface area contributed by atoms with Crippen molar-refractivity contribution in [1.82, 2.24) is 4.90 Å². The molecule has 0 bridgehead atoms. The van der Waals surface area contributed by atoms with Crippen molar-refractivity contribution in [3.05, 3.63) is 28.0 Å². The lowest BCUT2D eigenvalue weighted by atomic mass is 10.2. The van der Waals surface area contributed by atoms with Crippen LogP contribution < -0.4 is 0 Å². The minimum atomic E-state index is -4.15. The molecular formula is C11H10BrClFNO4S. The fraction of sp³-hybridized carbons (Fsp3) is 0.364. The van der Waals surface area contributed by atoms with E-state index in [-0.39, 0.29) is 10.0 Å². The SMILES string of the molecule is O=C(c1cc(F)c(Br)c(S(=O)(=O)Cl)c1)N1CCOCC1. The van der Waals surface area contributed by atoms with E-state index < -0.39 is 25.7 Å². The molecule has 0 saturated carbocycles. The fourth-order valence-electron chi connectivity index (χ4n) is 1.81. The van der Waals surface area contributed by atoms with E-state index in [0.717, 1.165) is 12.1 Å². The molecule has 5 nitrogen and oxygen atoms in total. The number of nitrogens with zero attached hydrogens (tertiary/aromatic N) is 1. The fourth-order valence-corrected chi connectivity index (χ4v) is 3.91. The Morgan fingerprint density at radius 1 is 1.35 bits per heavy atom. The summed E-state index contributed by atoms with van der Waals surface area (Å²) in [6.07, 6.45) is 0. The lowest BCUT2D eigenvalue weighted by Gasteiger charge is -2.27. The molecule has 0 aromatic heterocycles. The molecule has 0 radical (unpaired) electrons. The molecule has 1 aromatic carbocycles. The normalized spacial score (nSPS) is 16.2. The number of rotatable bonds is 2. The molecule has 0 aliphatic carbocycles. The summed E-state index contributed by atoms with van der Waals surface area (Å²) in [5, 5.41) is 0. The van der Waals surface area contributed by atoms with Gasteiger partial charge in [-0.25, -0.2) is 12.8 Å². The first-order valence-corrected chi connectivity index (χ1v) is 8.71. The predicted octanol–water partition coefficient (Wildman–Crippen LogP) is 1.99. The van der Waals surface area contributed by atoms with Gasteiger partial charge in [0.2, 0.25) is 0 Å². The first-order chi connectivity index (χ1) is 9.30. The van der Waals surface area contributed by atoms with E-state index in [1.807, 2.05) is 0 Å². The molecule has 1 saturated heterocycles. The Balaban J connectivity index is 2.42. The van der Waals surface area contributed by atoms with Crippen LogP contribution in [0.15, 0.2) is 21.5 Å². The lowest BCUT2D eigenvalue weighted by Crippen LogP contribution is -2.40. The third-order valence-electron chi connectivity index (χ3n) is 2.80. The van der Waals surface area contributed by atoms with Crippen LogP contribution in [0.5, 0.6) is 0 Å². The minimum Gasteiger partial charge on any atom is -0.378 e. The van der Waals surface area contributed by atoms with Crippen molar-refractivity contribution in [2.24, 2.45) is 0 Å². The summed E-state index contributed by atoms with van der Waals surface area (Å²) < 4.78 is 41.3. The van der Waals surface area contributed by atoms with Crippen LogP contribution in [0.25, 0.3) is 0 Å². The maximum Gasteiger partial charge on any atom is 0.262 e. The average Bonchev–Trinajstić information content (AvgIpc) is 2.40. The van der Waals surface area contributed by atoms with Crippen LogP contribution in [0.3, 0.4) is 0 Å². The summed E-state index contributed by atoms with van der Waals surface area (Å²) in [7, 11) is 1.08. The summed E-state index contributed by atoms with van der Waals surface area (Å²) in [5.74, 6) is -1.32. The van der Waals surface area contributed by atoms with E-state index >= 15 is 0 Å². The van der Waals surface area contributed by atoms with Gasteiger partial charge in [0, 0.05) is 29.3 Å². The zero-order valence-electron chi connectivity index (χ0n) is 10.1. The van der Waals surface area contributed by atoms with Crippen molar-refractivity contribution in [3.63, 3.8) is 0 Å². The molecule has 0 atom stereocenters. The Morgan fingerprint density at radius 3 is 2.50 bits per heavy atom. The summed E-state index contributed by atoms with van der Waals surface area (Å²) in [6, 6.07) is 2.04. The smallest absolute Gasteiger partial charge is 0.262 e. The van der Waals surface area contributed by atoms with E-state index in [1.54, 1.807) is 0 Å². The predicted molar refractivity (Wildman–Crippen MR) is 73.9 cm³/mol. The second kappa shape index (κ2) is 5.97. The molecule has 0 spiro atoms. The van der Waals surface area contributed by atoms with Crippen molar-refractivity contribution < 1.29 is 22.3 Å². The van der Waals surface area contributed by atoms with Crippen molar-refractivity contribution in [3.8, 4) is 0 Å². The zero-order chi connectivity index (χ0) is 14.9. The Bertz CT molecular complexity index is 646. The molecule has 2 rings (SSSR count). The number of hydrogen-bond acceptors (Lipinski definition) is 4. The van der Waals surface area contributed by atoms with Crippen LogP contribution in [0.2, 0.25) is 0 Å². The van der Waals surface area contributed by atoms with E-state index in [4.69, 9.17) is 15.4 Å². The summed E-state index contributed by atoms with van der Waals surface area (Å²) in [5.41, 5.74) is -0.0631. The number of carbonyl (C=O) groups excluding carboxylic acids is 1. The first kappa shape index (κ1) is 15.7. The van der Waals surface area contributed by atoms with Crippen molar-refractivity contribution >= 4 is 41.6 Å². The molecule has 1 aliphatic heterocycles. The highest BCUT2D eigenvalue weighted by Gasteiger charge is 2.24. The van der Waals surface area contributed by atoms with Gasteiger partial charge < -0.3 is 9.64 Å². The molecular weight excluding hydrogens is 377 g/mol. The lowest BCUT2D eigenvalue weighted by molar-refractivity contribution is 0.0302. The van der Waals surface area contributed by atoms with Gasteiger partial charge in [-0.3, -0.25) is 4.79 Å². The Kier molecular flexibility index (Phi) is 4.68. The van der Waals surface area contributed by atoms with Crippen molar-refractivity contribution in [2.75, 3.05) is 26.3 Å². The van der Waals surface area contributed by atoms with Crippen LogP contribution in [0.1, 0.15) is 10.4 Å². The Hall–Kier alpha value is -0.700. The highest BCUT2D eigenvalue weighted by molar-refractivity contribution is 9.10. The van der Waals surface area contributed by atoms with Gasteiger partial charge in [-0.1, -0.05) is 0 Å². The molecule has 110 valence electrons. The van der Waals surface area contributed by atoms with Gasteiger partial charge in [0.1, 0.15) is 10.7 Å². The van der Waals surface area contributed by atoms with Gasteiger partial charge in [-0.05, 0) is 28.1 Å².